The Morgan fingerprint density at radius 2 is 2.05 bits per heavy atom. The molecule has 2 rings (SSSR count). The summed E-state index contributed by atoms with van der Waals surface area (Å²) in [6.45, 7) is 11.5. The van der Waals surface area contributed by atoms with Gasteiger partial charge < -0.3 is 15.0 Å². The summed E-state index contributed by atoms with van der Waals surface area (Å²) in [6.07, 6.45) is 3.68. The van der Waals surface area contributed by atoms with Gasteiger partial charge in [-0.05, 0) is 45.4 Å². The molecule has 4 heteroatoms. The van der Waals surface area contributed by atoms with Crippen molar-refractivity contribution >= 4 is 5.82 Å². The van der Waals surface area contributed by atoms with E-state index in [1.165, 1.54) is 5.56 Å². The van der Waals surface area contributed by atoms with Gasteiger partial charge in [0, 0.05) is 25.3 Å². The zero-order valence-electron chi connectivity index (χ0n) is 13.1. The molecule has 0 radical (unpaired) electrons. The lowest BCUT2D eigenvalue weighted by molar-refractivity contribution is -0.00546. The summed E-state index contributed by atoms with van der Waals surface area (Å²) >= 11 is 0. The first kappa shape index (κ1) is 15.3. The Hall–Kier alpha value is -1.13. The predicted octanol–water partition coefficient (Wildman–Crippen LogP) is 2.76. The van der Waals surface area contributed by atoms with E-state index in [9.17, 15) is 0 Å². The molecule has 1 fully saturated rings. The van der Waals surface area contributed by atoms with Crippen LogP contribution in [0, 0.1) is 0 Å². The highest BCUT2D eigenvalue weighted by Crippen LogP contribution is 2.20. The number of morpholine rings is 1. The molecule has 4 nitrogen and oxygen atoms in total. The van der Waals surface area contributed by atoms with Crippen LogP contribution in [0.3, 0.4) is 0 Å². The Morgan fingerprint density at radius 3 is 2.60 bits per heavy atom. The Morgan fingerprint density at radius 1 is 1.35 bits per heavy atom. The fourth-order valence-electron chi connectivity index (χ4n) is 2.68. The van der Waals surface area contributed by atoms with E-state index >= 15 is 0 Å². The maximum Gasteiger partial charge on any atom is 0.128 e. The molecule has 2 heterocycles. The first-order chi connectivity index (χ1) is 9.60. The Kier molecular flexibility index (Phi) is 5.38. The second-order valence-electron chi connectivity index (χ2n) is 5.79. The van der Waals surface area contributed by atoms with Crippen molar-refractivity contribution in [1.29, 1.82) is 0 Å². The molecule has 3 unspecified atom stereocenters. The lowest BCUT2D eigenvalue weighted by atomic mass is 10.1. The standard InChI is InChI=1S/C16H27N3O/c1-5-8-17-14(4)15-6-7-16(18-9-15)19-10-12(2)20-13(3)11-19/h6-7,9,12-14,17H,5,8,10-11H2,1-4H3. The van der Waals surface area contributed by atoms with Crippen LogP contribution >= 0.6 is 0 Å². The molecular weight excluding hydrogens is 250 g/mol. The van der Waals surface area contributed by atoms with Crippen LogP contribution in [0.1, 0.15) is 45.7 Å². The molecule has 1 aromatic rings. The molecule has 0 amide bonds. The quantitative estimate of drug-likeness (QED) is 0.898. The maximum absolute atomic E-state index is 5.76. The SMILES string of the molecule is CCCNC(C)c1ccc(N2CC(C)OC(C)C2)nc1. The van der Waals surface area contributed by atoms with Crippen molar-refractivity contribution in [1.82, 2.24) is 10.3 Å². The minimum absolute atomic E-state index is 0.269. The van der Waals surface area contributed by atoms with E-state index < -0.39 is 0 Å². The molecule has 1 saturated heterocycles. The van der Waals surface area contributed by atoms with E-state index in [-0.39, 0.29) is 12.2 Å². The Labute approximate surface area is 122 Å². The molecule has 0 spiro atoms. The first-order valence-corrected chi connectivity index (χ1v) is 7.70. The van der Waals surface area contributed by atoms with Gasteiger partial charge in [-0.1, -0.05) is 13.0 Å². The van der Waals surface area contributed by atoms with E-state index in [1.54, 1.807) is 0 Å². The average Bonchev–Trinajstić information content (AvgIpc) is 2.44. The molecule has 112 valence electrons. The Bertz CT molecular complexity index is 397. The zero-order chi connectivity index (χ0) is 14.5. The highest BCUT2D eigenvalue weighted by Gasteiger charge is 2.23. The van der Waals surface area contributed by atoms with Crippen LogP contribution in [-0.2, 0) is 4.74 Å². The largest absolute Gasteiger partial charge is 0.372 e. The Balaban J connectivity index is 2.00. The van der Waals surface area contributed by atoms with E-state index in [0.717, 1.165) is 31.9 Å². The number of aromatic nitrogens is 1. The fourth-order valence-corrected chi connectivity index (χ4v) is 2.68. The van der Waals surface area contributed by atoms with Crippen LogP contribution in [0.25, 0.3) is 0 Å². The predicted molar refractivity (Wildman–Crippen MR) is 83.2 cm³/mol. The molecule has 0 aliphatic carbocycles. The summed E-state index contributed by atoms with van der Waals surface area (Å²) in [6, 6.07) is 4.67. The third-order valence-corrected chi connectivity index (χ3v) is 3.71. The van der Waals surface area contributed by atoms with Gasteiger partial charge in [-0.3, -0.25) is 0 Å². The van der Waals surface area contributed by atoms with Gasteiger partial charge in [0.25, 0.3) is 0 Å². The number of pyridine rings is 1. The van der Waals surface area contributed by atoms with Crippen molar-refractivity contribution in [3.8, 4) is 0 Å². The van der Waals surface area contributed by atoms with Crippen molar-refractivity contribution in [2.45, 2.75) is 52.4 Å². The number of hydrogen-bond donors (Lipinski definition) is 1. The molecule has 0 aromatic carbocycles. The summed E-state index contributed by atoms with van der Waals surface area (Å²) in [5.41, 5.74) is 1.25. The zero-order valence-corrected chi connectivity index (χ0v) is 13.1. The van der Waals surface area contributed by atoms with Crippen molar-refractivity contribution < 1.29 is 4.74 Å². The van der Waals surface area contributed by atoms with E-state index in [4.69, 9.17) is 4.74 Å². The van der Waals surface area contributed by atoms with Gasteiger partial charge in [0.05, 0.1) is 12.2 Å². The van der Waals surface area contributed by atoms with Crippen LogP contribution in [-0.4, -0.2) is 36.8 Å². The molecular formula is C16H27N3O. The minimum Gasteiger partial charge on any atom is -0.372 e. The number of rotatable bonds is 5. The van der Waals surface area contributed by atoms with Crippen LogP contribution in [0.2, 0.25) is 0 Å². The van der Waals surface area contributed by atoms with Gasteiger partial charge in [0.15, 0.2) is 0 Å². The molecule has 3 atom stereocenters. The third-order valence-electron chi connectivity index (χ3n) is 3.71. The average molecular weight is 277 g/mol. The topological polar surface area (TPSA) is 37.4 Å². The summed E-state index contributed by atoms with van der Waals surface area (Å²) in [4.78, 5) is 6.94. The van der Waals surface area contributed by atoms with Gasteiger partial charge in [0.1, 0.15) is 5.82 Å². The molecule has 1 N–H and O–H groups in total. The molecule has 20 heavy (non-hydrogen) atoms. The van der Waals surface area contributed by atoms with Gasteiger partial charge in [-0.2, -0.15) is 0 Å². The molecule has 1 aliphatic heterocycles. The van der Waals surface area contributed by atoms with Gasteiger partial charge in [-0.25, -0.2) is 4.98 Å². The van der Waals surface area contributed by atoms with Gasteiger partial charge in [0.2, 0.25) is 0 Å². The highest BCUT2D eigenvalue weighted by atomic mass is 16.5. The number of anilines is 1. The van der Waals surface area contributed by atoms with Gasteiger partial charge in [-0.15, -0.1) is 0 Å². The lowest BCUT2D eigenvalue weighted by Gasteiger charge is -2.36. The monoisotopic (exact) mass is 277 g/mol. The summed E-state index contributed by atoms with van der Waals surface area (Å²) < 4.78 is 5.76. The van der Waals surface area contributed by atoms with E-state index in [1.807, 2.05) is 6.20 Å². The van der Waals surface area contributed by atoms with Gasteiger partial charge >= 0.3 is 0 Å². The van der Waals surface area contributed by atoms with Crippen LogP contribution in [0.5, 0.6) is 0 Å². The van der Waals surface area contributed by atoms with Crippen molar-refractivity contribution in [2.75, 3.05) is 24.5 Å². The van der Waals surface area contributed by atoms with Crippen molar-refractivity contribution in [3.05, 3.63) is 23.9 Å². The van der Waals surface area contributed by atoms with Crippen LogP contribution in [0.15, 0.2) is 18.3 Å². The molecule has 0 saturated carbocycles. The third kappa shape index (κ3) is 3.93. The summed E-state index contributed by atoms with van der Waals surface area (Å²) in [5.74, 6) is 1.05. The van der Waals surface area contributed by atoms with Crippen LogP contribution in [0.4, 0.5) is 5.82 Å². The number of hydrogen-bond acceptors (Lipinski definition) is 4. The second kappa shape index (κ2) is 7.04. The van der Waals surface area contributed by atoms with E-state index in [0.29, 0.717) is 6.04 Å². The highest BCUT2D eigenvalue weighted by molar-refractivity contribution is 5.40. The second-order valence-corrected chi connectivity index (χ2v) is 5.79. The normalized spacial score (nSPS) is 24.7. The first-order valence-electron chi connectivity index (χ1n) is 7.70. The summed E-state index contributed by atoms with van der Waals surface area (Å²) in [5, 5.41) is 3.49. The van der Waals surface area contributed by atoms with Crippen molar-refractivity contribution in [3.63, 3.8) is 0 Å². The number of ether oxygens (including phenoxy) is 1. The maximum atomic E-state index is 5.76. The molecule has 1 aromatic heterocycles. The molecule has 1 aliphatic rings. The fraction of sp³-hybridized carbons (Fsp3) is 0.688. The summed E-state index contributed by atoms with van der Waals surface area (Å²) in [7, 11) is 0. The smallest absolute Gasteiger partial charge is 0.128 e. The lowest BCUT2D eigenvalue weighted by Crippen LogP contribution is -2.45. The minimum atomic E-state index is 0.269. The molecule has 0 bridgehead atoms. The van der Waals surface area contributed by atoms with Crippen LogP contribution < -0.4 is 10.2 Å². The number of nitrogens with zero attached hydrogens (tertiary/aromatic N) is 2. The number of nitrogens with one attached hydrogen (secondary N) is 1. The van der Waals surface area contributed by atoms with Crippen molar-refractivity contribution in [2.24, 2.45) is 0 Å². The van der Waals surface area contributed by atoms with E-state index in [2.05, 4.69) is 55.0 Å².